The number of hydrogen-bond acceptors (Lipinski definition) is 6. The molecule has 0 saturated carbocycles. The average Bonchev–Trinajstić information content (AvgIpc) is 2.88. The molecule has 3 atom stereocenters. The minimum absolute atomic E-state index is 0.106. The first kappa shape index (κ1) is 27.5. The van der Waals surface area contributed by atoms with Crippen molar-refractivity contribution in [3.05, 3.63) is 63.8 Å². The van der Waals surface area contributed by atoms with E-state index in [1.807, 2.05) is 18.7 Å². The van der Waals surface area contributed by atoms with Gasteiger partial charge in [-0.3, -0.25) is 9.36 Å². The molecule has 0 aliphatic carbocycles. The third-order valence-electron chi connectivity index (χ3n) is 7.17. The summed E-state index contributed by atoms with van der Waals surface area (Å²) in [4.78, 5) is 34.6. The van der Waals surface area contributed by atoms with Crippen LogP contribution in [0.3, 0.4) is 0 Å². The summed E-state index contributed by atoms with van der Waals surface area (Å²) in [6, 6.07) is 2.07. The molecule has 39 heavy (non-hydrogen) atoms. The molecule has 2 aliphatic heterocycles. The van der Waals surface area contributed by atoms with Gasteiger partial charge in [-0.15, -0.1) is 11.8 Å². The number of halogens is 4. The number of methoxy groups -OCH3 is 1. The SMILES string of the molecule is C=CC(=O)N1[C@H](C)CN(c2nc(=O)n3c4c(c(-c5cc(F)c(F)cc5F)c(Cl)cc24)SC[C@@H]3COC)C[C@@H]1C. The van der Waals surface area contributed by atoms with Gasteiger partial charge < -0.3 is 14.5 Å². The van der Waals surface area contributed by atoms with E-state index in [0.717, 1.165) is 6.07 Å². The Morgan fingerprint density at radius 2 is 1.85 bits per heavy atom. The van der Waals surface area contributed by atoms with Crippen molar-refractivity contribution in [3.8, 4) is 11.1 Å². The van der Waals surface area contributed by atoms with Crippen molar-refractivity contribution in [2.45, 2.75) is 36.9 Å². The molecule has 0 spiro atoms. The van der Waals surface area contributed by atoms with Gasteiger partial charge in [0, 0.05) is 65.5 Å². The van der Waals surface area contributed by atoms with E-state index in [1.54, 1.807) is 11.0 Å². The largest absolute Gasteiger partial charge is 0.383 e. The zero-order chi connectivity index (χ0) is 28.2. The summed E-state index contributed by atoms with van der Waals surface area (Å²) in [7, 11) is 1.53. The highest BCUT2D eigenvalue weighted by Crippen LogP contribution is 2.48. The Bertz CT molecular complexity index is 1550. The van der Waals surface area contributed by atoms with E-state index in [9.17, 15) is 22.8 Å². The molecule has 1 saturated heterocycles. The number of thioether (sulfide) groups is 1. The maximum Gasteiger partial charge on any atom is 0.350 e. The Kier molecular flexibility index (Phi) is 7.43. The molecule has 1 aromatic heterocycles. The van der Waals surface area contributed by atoms with Crippen molar-refractivity contribution in [1.29, 1.82) is 0 Å². The molecule has 3 aromatic rings. The summed E-state index contributed by atoms with van der Waals surface area (Å²) in [5, 5.41) is 0.660. The summed E-state index contributed by atoms with van der Waals surface area (Å²) < 4.78 is 49.8. The molecule has 0 bridgehead atoms. The molecule has 7 nitrogen and oxygen atoms in total. The fraction of sp³-hybridized carbons (Fsp3) is 0.370. The monoisotopic (exact) mass is 578 g/mol. The second-order valence-electron chi connectivity index (χ2n) is 9.77. The van der Waals surface area contributed by atoms with E-state index in [1.165, 1.54) is 29.5 Å². The van der Waals surface area contributed by atoms with Crippen LogP contribution in [-0.2, 0) is 9.53 Å². The highest BCUT2D eigenvalue weighted by atomic mass is 35.5. The van der Waals surface area contributed by atoms with E-state index in [4.69, 9.17) is 16.3 Å². The zero-order valence-electron chi connectivity index (χ0n) is 21.5. The van der Waals surface area contributed by atoms with Gasteiger partial charge in [0.25, 0.3) is 0 Å². The Balaban J connectivity index is 1.76. The molecule has 3 heterocycles. The van der Waals surface area contributed by atoms with Crippen LogP contribution in [0.15, 0.2) is 40.5 Å². The fourth-order valence-electron chi connectivity index (χ4n) is 5.62. The number of anilines is 1. The number of benzene rings is 2. The van der Waals surface area contributed by atoms with Gasteiger partial charge >= 0.3 is 5.69 Å². The minimum atomic E-state index is -1.31. The Morgan fingerprint density at radius 3 is 2.49 bits per heavy atom. The lowest BCUT2D eigenvalue weighted by molar-refractivity contribution is -0.130. The number of ether oxygens (including phenoxy) is 1. The smallest absolute Gasteiger partial charge is 0.350 e. The average molecular weight is 579 g/mol. The number of nitrogens with zero attached hydrogens (tertiary/aromatic N) is 4. The third-order valence-corrected chi connectivity index (χ3v) is 8.70. The lowest BCUT2D eigenvalue weighted by Crippen LogP contribution is -2.58. The normalized spacial score (nSPS) is 20.9. The van der Waals surface area contributed by atoms with Crippen LogP contribution in [0.25, 0.3) is 22.0 Å². The number of carbonyl (C=O) groups is 1. The topological polar surface area (TPSA) is 67.7 Å². The number of aromatic nitrogens is 2. The van der Waals surface area contributed by atoms with Crippen molar-refractivity contribution in [2.24, 2.45) is 0 Å². The van der Waals surface area contributed by atoms with Gasteiger partial charge in [0.2, 0.25) is 5.91 Å². The highest BCUT2D eigenvalue weighted by Gasteiger charge is 2.36. The molecular formula is C27H26ClF3N4O3S. The number of carbonyl (C=O) groups excluding carboxylic acids is 1. The zero-order valence-corrected chi connectivity index (χ0v) is 23.1. The molecule has 1 amide bonds. The van der Waals surface area contributed by atoms with E-state index in [0.29, 0.717) is 46.5 Å². The molecule has 0 N–H and O–H groups in total. The molecule has 206 valence electrons. The molecule has 2 aromatic carbocycles. The number of hydrogen-bond donors (Lipinski definition) is 0. The molecule has 2 aliphatic rings. The predicted octanol–water partition coefficient (Wildman–Crippen LogP) is 5.04. The molecule has 1 fully saturated rings. The second kappa shape index (κ2) is 10.5. The lowest BCUT2D eigenvalue weighted by atomic mass is 10.0. The summed E-state index contributed by atoms with van der Waals surface area (Å²) in [5.74, 6) is -2.90. The first-order valence-electron chi connectivity index (χ1n) is 12.3. The van der Waals surface area contributed by atoms with Gasteiger partial charge in [-0.05, 0) is 32.1 Å². The first-order valence-corrected chi connectivity index (χ1v) is 13.7. The van der Waals surface area contributed by atoms with Crippen LogP contribution in [-0.4, -0.2) is 65.0 Å². The van der Waals surface area contributed by atoms with Crippen LogP contribution >= 0.6 is 23.4 Å². The molecule has 5 rings (SSSR count). The molecular weight excluding hydrogens is 553 g/mol. The molecule has 0 radical (unpaired) electrons. The predicted molar refractivity (Wildman–Crippen MR) is 146 cm³/mol. The van der Waals surface area contributed by atoms with Gasteiger partial charge in [0.05, 0.1) is 23.2 Å². The van der Waals surface area contributed by atoms with Gasteiger partial charge in [0.1, 0.15) is 11.6 Å². The summed E-state index contributed by atoms with van der Waals surface area (Å²) >= 11 is 8.07. The third kappa shape index (κ3) is 4.60. The van der Waals surface area contributed by atoms with Crippen molar-refractivity contribution in [3.63, 3.8) is 0 Å². The standard InChI is InChI=1S/C27H26ClF3N4O3S/c1-5-22(36)34-13(2)9-33(10-14(34)3)26-17-6-18(28)23(16-7-20(30)21(31)8-19(16)29)25-24(17)35(27(37)32-26)15(11-38-4)12-39-25/h5-8,13-15H,1,9-12H2,2-4H3/t13-,14+,15-/m0/s1. The highest BCUT2D eigenvalue weighted by molar-refractivity contribution is 7.99. The molecule has 12 heteroatoms. The second-order valence-corrected chi connectivity index (χ2v) is 11.2. The van der Waals surface area contributed by atoms with Crippen LogP contribution in [0.1, 0.15) is 19.9 Å². The van der Waals surface area contributed by atoms with Gasteiger partial charge in [-0.2, -0.15) is 4.98 Å². The number of rotatable bonds is 5. The van der Waals surface area contributed by atoms with Crippen molar-refractivity contribution in [2.75, 3.05) is 37.5 Å². The Hall–Kier alpha value is -3.02. The van der Waals surface area contributed by atoms with Gasteiger partial charge in [0.15, 0.2) is 11.6 Å². The molecule has 0 unspecified atom stereocenters. The fourth-order valence-corrected chi connectivity index (χ4v) is 7.29. The quantitative estimate of drug-likeness (QED) is 0.312. The van der Waals surface area contributed by atoms with E-state index in [2.05, 4.69) is 11.6 Å². The van der Waals surface area contributed by atoms with E-state index < -0.39 is 23.1 Å². The first-order chi connectivity index (χ1) is 18.6. The van der Waals surface area contributed by atoms with E-state index >= 15 is 0 Å². The van der Waals surface area contributed by atoms with Crippen LogP contribution in [0.4, 0.5) is 19.0 Å². The summed E-state index contributed by atoms with van der Waals surface area (Å²) in [6.45, 7) is 8.44. The van der Waals surface area contributed by atoms with Crippen LogP contribution < -0.4 is 10.6 Å². The number of amides is 1. The summed E-state index contributed by atoms with van der Waals surface area (Å²) in [5.41, 5.74) is -0.0821. The summed E-state index contributed by atoms with van der Waals surface area (Å²) in [6.07, 6.45) is 1.28. The van der Waals surface area contributed by atoms with Gasteiger partial charge in [-0.25, -0.2) is 18.0 Å². The maximum absolute atomic E-state index is 15.0. The van der Waals surface area contributed by atoms with Crippen molar-refractivity contribution < 1.29 is 22.7 Å². The lowest BCUT2D eigenvalue weighted by Gasteiger charge is -2.45. The van der Waals surface area contributed by atoms with Crippen LogP contribution in [0.2, 0.25) is 5.02 Å². The number of piperazine rings is 1. The van der Waals surface area contributed by atoms with Crippen molar-refractivity contribution >= 4 is 46.0 Å². The van der Waals surface area contributed by atoms with E-state index in [-0.39, 0.29) is 46.8 Å². The van der Waals surface area contributed by atoms with Crippen LogP contribution in [0, 0.1) is 17.5 Å². The minimum Gasteiger partial charge on any atom is -0.383 e. The Labute approximate surface area is 232 Å². The Morgan fingerprint density at radius 1 is 1.18 bits per heavy atom. The van der Waals surface area contributed by atoms with Gasteiger partial charge in [-0.1, -0.05) is 18.2 Å². The van der Waals surface area contributed by atoms with Crippen LogP contribution in [0.5, 0.6) is 0 Å². The van der Waals surface area contributed by atoms with Crippen molar-refractivity contribution in [1.82, 2.24) is 14.5 Å². The maximum atomic E-state index is 15.0.